The zero-order chi connectivity index (χ0) is 25.6. The third-order valence-corrected chi connectivity index (χ3v) is 7.94. The molecule has 37 heavy (non-hydrogen) atoms. The molecule has 3 heterocycles. The van der Waals surface area contributed by atoms with E-state index in [0.29, 0.717) is 23.7 Å². The molecular weight excluding hydrogens is 500 g/mol. The summed E-state index contributed by atoms with van der Waals surface area (Å²) in [5, 5.41) is 12.7. The maximum absolute atomic E-state index is 13.3. The largest absolute Gasteiger partial charge is 0.474 e. The highest BCUT2D eigenvalue weighted by Gasteiger charge is 2.49. The number of nitrogens with zero attached hydrogens (tertiary/aromatic N) is 4. The van der Waals surface area contributed by atoms with Crippen LogP contribution in [0.5, 0.6) is 5.88 Å². The van der Waals surface area contributed by atoms with Gasteiger partial charge in [-0.15, -0.1) is 10.2 Å². The zero-order valence-electron chi connectivity index (χ0n) is 20.2. The molecule has 0 saturated heterocycles. The van der Waals surface area contributed by atoms with Crippen LogP contribution in [0.4, 0.5) is 8.78 Å². The average molecular weight is 528 g/mol. The first-order chi connectivity index (χ1) is 17.8. The van der Waals surface area contributed by atoms with Gasteiger partial charge in [-0.3, -0.25) is 9.36 Å². The number of hydrogen-bond acceptors (Lipinski definition) is 5. The molecule has 1 N–H and O–H groups in total. The fourth-order valence-corrected chi connectivity index (χ4v) is 5.97. The van der Waals surface area contributed by atoms with Crippen molar-refractivity contribution in [2.24, 2.45) is 5.92 Å². The van der Waals surface area contributed by atoms with Gasteiger partial charge in [0.25, 0.3) is 0 Å². The molecular formula is C27H28ClF2N5O2. The fourth-order valence-electron chi connectivity index (χ4n) is 5.78. The second-order valence-corrected chi connectivity index (χ2v) is 10.9. The Morgan fingerprint density at radius 2 is 1.89 bits per heavy atom. The van der Waals surface area contributed by atoms with Gasteiger partial charge in [-0.05, 0) is 61.9 Å². The van der Waals surface area contributed by atoms with E-state index in [0.717, 1.165) is 48.6 Å². The minimum atomic E-state index is -2.73. The summed E-state index contributed by atoms with van der Waals surface area (Å²) in [5.74, 6) is -1.17. The lowest BCUT2D eigenvalue weighted by molar-refractivity contribution is -0.150. The molecule has 2 aromatic heterocycles. The Morgan fingerprint density at radius 3 is 2.62 bits per heavy atom. The first-order valence-electron chi connectivity index (χ1n) is 12.8. The van der Waals surface area contributed by atoms with Crippen molar-refractivity contribution in [2.45, 2.75) is 75.4 Å². The van der Waals surface area contributed by atoms with Gasteiger partial charge >= 0.3 is 0 Å². The maximum atomic E-state index is 13.3. The van der Waals surface area contributed by atoms with Crippen LogP contribution in [0.2, 0.25) is 5.02 Å². The summed E-state index contributed by atoms with van der Waals surface area (Å²) in [6.07, 6.45) is 5.67. The highest BCUT2D eigenvalue weighted by Crippen LogP contribution is 2.42. The quantitative estimate of drug-likeness (QED) is 0.502. The van der Waals surface area contributed by atoms with Crippen molar-refractivity contribution in [2.75, 3.05) is 0 Å². The van der Waals surface area contributed by atoms with Crippen LogP contribution in [0.25, 0.3) is 5.69 Å². The van der Waals surface area contributed by atoms with E-state index in [4.69, 9.17) is 16.3 Å². The lowest BCUT2D eigenvalue weighted by atomic mass is 9.80. The van der Waals surface area contributed by atoms with E-state index in [1.54, 1.807) is 6.20 Å². The molecule has 0 radical (unpaired) electrons. The predicted octanol–water partition coefficient (Wildman–Crippen LogP) is 5.05. The molecule has 3 aromatic rings. The van der Waals surface area contributed by atoms with E-state index < -0.39 is 11.8 Å². The number of fused-ring (bicyclic) bond motifs is 3. The molecule has 1 aromatic carbocycles. The Balaban J connectivity index is 1.21. The van der Waals surface area contributed by atoms with Crippen LogP contribution >= 0.6 is 11.6 Å². The summed E-state index contributed by atoms with van der Waals surface area (Å²) in [4.78, 5) is 16.9. The maximum Gasteiger partial charge on any atom is 0.249 e. The van der Waals surface area contributed by atoms with Crippen LogP contribution in [0.15, 0.2) is 42.6 Å². The Morgan fingerprint density at radius 1 is 1.08 bits per heavy atom. The first-order valence-corrected chi connectivity index (χ1v) is 13.2. The van der Waals surface area contributed by atoms with E-state index in [1.165, 1.54) is 0 Å². The molecule has 3 aliphatic rings. The molecule has 2 aliphatic carbocycles. The SMILES string of the molecule is O=C(N[C@@H]1Cc2cc(Cl)ccc2-n2c(nnc2C2CCC(Oc3ccccn3)CC2)C1)C1CC(F)(F)C1. The van der Waals surface area contributed by atoms with Crippen molar-refractivity contribution in [1.29, 1.82) is 0 Å². The molecule has 7 nitrogen and oxygen atoms in total. The minimum Gasteiger partial charge on any atom is -0.474 e. The summed E-state index contributed by atoms with van der Waals surface area (Å²) in [6, 6.07) is 11.1. The Kier molecular flexibility index (Phi) is 6.34. The lowest BCUT2D eigenvalue weighted by Gasteiger charge is -2.34. The Bertz CT molecular complexity index is 1290. The van der Waals surface area contributed by atoms with Crippen molar-refractivity contribution in [3.05, 3.63) is 64.8 Å². The number of nitrogens with one attached hydrogen (secondary N) is 1. The number of carbonyl (C=O) groups excluding carboxylic acids is 1. The number of pyridine rings is 1. The highest BCUT2D eigenvalue weighted by atomic mass is 35.5. The van der Waals surface area contributed by atoms with Crippen molar-refractivity contribution < 1.29 is 18.3 Å². The van der Waals surface area contributed by atoms with E-state index >= 15 is 0 Å². The number of hydrogen-bond donors (Lipinski definition) is 1. The topological polar surface area (TPSA) is 81.9 Å². The molecule has 0 unspecified atom stereocenters. The van der Waals surface area contributed by atoms with Gasteiger partial charge in [0, 0.05) is 54.4 Å². The molecule has 10 heteroatoms. The van der Waals surface area contributed by atoms with Gasteiger partial charge in [0.05, 0.1) is 5.69 Å². The molecule has 1 amide bonds. The summed E-state index contributed by atoms with van der Waals surface area (Å²) in [5.41, 5.74) is 1.93. The smallest absolute Gasteiger partial charge is 0.249 e. The van der Waals surface area contributed by atoms with Crippen LogP contribution in [-0.2, 0) is 17.6 Å². The summed E-state index contributed by atoms with van der Waals surface area (Å²) < 4.78 is 34.8. The normalized spacial score (nSPS) is 24.8. The number of amides is 1. The van der Waals surface area contributed by atoms with Gasteiger partial charge in [-0.1, -0.05) is 17.7 Å². The number of alkyl halides is 2. The van der Waals surface area contributed by atoms with E-state index in [-0.39, 0.29) is 36.8 Å². The van der Waals surface area contributed by atoms with E-state index in [1.807, 2.05) is 36.4 Å². The molecule has 2 saturated carbocycles. The van der Waals surface area contributed by atoms with Crippen LogP contribution in [0.1, 0.15) is 61.7 Å². The summed E-state index contributed by atoms with van der Waals surface area (Å²) >= 11 is 6.34. The number of ether oxygens (including phenoxy) is 1. The molecule has 0 bridgehead atoms. The van der Waals surface area contributed by atoms with Crippen molar-refractivity contribution in [3.63, 3.8) is 0 Å². The summed E-state index contributed by atoms with van der Waals surface area (Å²) in [7, 11) is 0. The monoisotopic (exact) mass is 527 g/mol. The third-order valence-electron chi connectivity index (χ3n) is 7.70. The summed E-state index contributed by atoms with van der Waals surface area (Å²) in [6.45, 7) is 0. The van der Waals surface area contributed by atoms with Crippen LogP contribution in [0, 0.1) is 5.92 Å². The predicted molar refractivity (Wildman–Crippen MR) is 133 cm³/mol. The Hall–Kier alpha value is -3.07. The number of aromatic nitrogens is 4. The molecule has 0 spiro atoms. The standard InChI is InChI=1S/C27H28ClF2N5O2/c28-19-6-9-22-17(11-19)12-20(32-26(36)18-14-27(29,30)15-18)13-23-33-34-25(35(22)23)16-4-7-21(8-5-16)37-24-3-1-2-10-31-24/h1-3,6,9-11,16,18,20-21H,4-5,7-8,12-15H2,(H,32,36)/t16?,20-,21?/m1/s1. The minimum absolute atomic E-state index is 0.113. The second kappa shape index (κ2) is 9.67. The second-order valence-electron chi connectivity index (χ2n) is 10.4. The first kappa shape index (κ1) is 24.3. The number of carbonyl (C=O) groups is 1. The molecule has 1 aliphatic heterocycles. The van der Waals surface area contributed by atoms with E-state index in [2.05, 4.69) is 25.1 Å². The molecule has 1 atom stereocenters. The number of benzene rings is 1. The van der Waals surface area contributed by atoms with E-state index in [9.17, 15) is 13.6 Å². The van der Waals surface area contributed by atoms with Crippen molar-refractivity contribution in [3.8, 4) is 11.6 Å². The van der Waals surface area contributed by atoms with Crippen LogP contribution in [0.3, 0.4) is 0 Å². The van der Waals surface area contributed by atoms with Gasteiger partial charge < -0.3 is 10.1 Å². The molecule has 6 rings (SSSR count). The zero-order valence-corrected chi connectivity index (χ0v) is 21.0. The van der Waals surface area contributed by atoms with Gasteiger partial charge in [0.15, 0.2) is 0 Å². The highest BCUT2D eigenvalue weighted by molar-refractivity contribution is 6.30. The van der Waals surface area contributed by atoms with Crippen LogP contribution in [-0.4, -0.2) is 43.7 Å². The fraction of sp³-hybridized carbons (Fsp3) is 0.481. The molecule has 194 valence electrons. The van der Waals surface area contributed by atoms with Crippen molar-refractivity contribution >= 4 is 17.5 Å². The van der Waals surface area contributed by atoms with Crippen molar-refractivity contribution in [1.82, 2.24) is 25.1 Å². The third kappa shape index (κ3) is 5.06. The van der Waals surface area contributed by atoms with Gasteiger partial charge in [0.1, 0.15) is 17.8 Å². The van der Waals surface area contributed by atoms with Gasteiger partial charge in [-0.2, -0.15) is 0 Å². The van der Waals surface area contributed by atoms with Gasteiger partial charge in [-0.25, -0.2) is 13.8 Å². The van der Waals surface area contributed by atoms with Crippen LogP contribution < -0.4 is 10.1 Å². The number of rotatable bonds is 5. The van der Waals surface area contributed by atoms with Gasteiger partial charge in [0.2, 0.25) is 17.7 Å². The Labute approximate surface area is 218 Å². The molecule has 2 fully saturated rings. The lowest BCUT2D eigenvalue weighted by Crippen LogP contribution is -2.48. The average Bonchev–Trinajstić information content (AvgIpc) is 3.20. The number of halogens is 3.